The largest absolute Gasteiger partial charge is 0.444 e. The minimum atomic E-state index is -0.610. The van der Waals surface area contributed by atoms with Crippen molar-refractivity contribution in [2.45, 2.75) is 32.3 Å². The summed E-state index contributed by atoms with van der Waals surface area (Å²) in [6.45, 7) is 0.144. The summed E-state index contributed by atoms with van der Waals surface area (Å²) in [4.78, 5) is 26.6. The number of nitrogens with one attached hydrogen (secondary N) is 1. The number of halogens is 1. The number of amides is 1. The number of hydrogen-bond donors (Lipinski definition) is 1. The van der Waals surface area contributed by atoms with Gasteiger partial charge in [-0.3, -0.25) is 10.1 Å². The lowest BCUT2D eigenvalue weighted by Crippen LogP contribution is -2.16. The Hall–Kier alpha value is -2.99. The fourth-order valence-electron chi connectivity index (χ4n) is 3.52. The van der Waals surface area contributed by atoms with Crippen molar-refractivity contribution in [3.63, 3.8) is 0 Å². The molecule has 148 valence electrons. The summed E-state index contributed by atoms with van der Waals surface area (Å²) < 4.78 is 19.0. The van der Waals surface area contributed by atoms with Crippen molar-refractivity contribution in [3.8, 4) is 0 Å². The molecular weight excluding hydrogens is 389 g/mol. The van der Waals surface area contributed by atoms with Crippen LogP contribution in [0.1, 0.15) is 44.8 Å². The third-order valence-electron chi connectivity index (χ3n) is 4.91. The van der Waals surface area contributed by atoms with Gasteiger partial charge in [0.05, 0.1) is 5.56 Å². The molecule has 4 rings (SSSR count). The van der Waals surface area contributed by atoms with Gasteiger partial charge in [-0.15, -0.1) is 11.3 Å². The zero-order chi connectivity index (χ0) is 20.2. The fourth-order valence-corrected chi connectivity index (χ4v) is 4.79. The molecule has 0 bridgehead atoms. The number of fused-ring (bicyclic) bond motifs is 1. The second-order valence-corrected chi connectivity index (χ2v) is 8.05. The zero-order valence-electron chi connectivity index (χ0n) is 15.7. The first-order chi connectivity index (χ1) is 14.1. The summed E-state index contributed by atoms with van der Waals surface area (Å²) in [5, 5.41) is 3.22. The molecule has 1 aliphatic carbocycles. The number of hydrogen-bond acceptors (Lipinski definition) is 4. The van der Waals surface area contributed by atoms with Gasteiger partial charge in [0.15, 0.2) is 5.78 Å². The smallest absolute Gasteiger partial charge is 0.412 e. The van der Waals surface area contributed by atoms with Crippen LogP contribution in [0, 0.1) is 5.82 Å². The fraction of sp³-hybridized carbons (Fsp3) is 0.217. The molecule has 1 aliphatic rings. The Bertz CT molecular complexity index is 1050. The molecule has 6 heteroatoms. The number of anilines is 1. The Morgan fingerprint density at radius 3 is 2.62 bits per heavy atom. The predicted octanol–water partition coefficient (Wildman–Crippen LogP) is 5.75. The Morgan fingerprint density at radius 1 is 1.03 bits per heavy atom. The van der Waals surface area contributed by atoms with E-state index in [1.165, 1.54) is 29.5 Å². The van der Waals surface area contributed by atoms with Crippen LogP contribution in [0.25, 0.3) is 0 Å². The van der Waals surface area contributed by atoms with Crippen LogP contribution in [0.15, 0.2) is 54.6 Å². The first kappa shape index (κ1) is 19.3. The van der Waals surface area contributed by atoms with E-state index in [0.717, 1.165) is 41.7 Å². The lowest BCUT2D eigenvalue weighted by Gasteiger charge is -2.13. The van der Waals surface area contributed by atoms with E-state index in [4.69, 9.17) is 4.74 Å². The topological polar surface area (TPSA) is 55.4 Å². The molecule has 0 spiro atoms. The van der Waals surface area contributed by atoms with Crippen LogP contribution in [0.4, 0.5) is 14.2 Å². The molecule has 1 aromatic heterocycles. The molecule has 1 N–H and O–H groups in total. The SMILES string of the molecule is O=C(Nc1sc2c(c1C(=O)c1cccc(F)c1)CCCC2)OCc1ccccc1. The Labute approximate surface area is 172 Å². The predicted molar refractivity (Wildman–Crippen MR) is 111 cm³/mol. The number of thiophene rings is 1. The van der Waals surface area contributed by atoms with Crippen molar-refractivity contribution in [3.05, 3.63) is 87.5 Å². The number of aryl methyl sites for hydroxylation is 1. The average molecular weight is 409 g/mol. The van der Waals surface area contributed by atoms with E-state index in [9.17, 15) is 14.0 Å². The molecule has 0 atom stereocenters. The Kier molecular flexibility index (Phi) is 5.71. The van der Waals surface area contributed by atoms with Crippen LogP contribution < -0.4 is 5.32 Å². The van der Waals surface area contributed by atoms with Crippen LogP contribution in [0.2, 0.25) is 0 Å². The van der Waals surface area contributed by atoms with Gasteiger partial charge in [0.1, 0.15) is 17.4 Å². The van der Waals surface area contributed by atoms with E-state index in [-0.39, 0.29) is 18.0 Å². The van der Waals surface area contributed by atoms with E-state index in [1.54, 1.807) is 6.07 Å². The van der Waals surface area contributed by atoms with Crippen molar-refractivity contribution in [1.82, 2.24) is 0 Å². The van der Waals surface area contributed by atoms with Gasteiger partial charge in [-0.05, 0) is 48.9 Å². The Balaban J connectivity index is 1.58. The van der Waals surface area contributed by atoms with Gasteiger partial charge in [0.2, 0.25) is 0 Å². The molecule has 0 fully saturated rings. The zero-order valence-corrected chi connectivity index (χ0v) is 16.6. The van der Waals surface area contributed by atoms with E-state index in [2.05, 4.69) is 5.32 Å². The normalized spacial score (nSPS) is 12.9. The lowest BCUT2D eigenvalue weighted by molar-refractivity contribution is 0.103. The quantitative estimate of drug-likeness (QED) is 0.546. The van der Waals surface area contributed by atoms with E-state index < -0.39 is 11.9 Å². The molecule has 29 heavy (non-hydrogen) atoms. The molecule has 0 unspecified atom stereocenters. The van der Waals surface area contributed by atoms with E-state index in [0.29, 0.717) is 10.6 Å². The van der Waals surface area contributed by atoms with Crippen LogP contribution in [0.3, 0.4) is 0 Å². The Morgan fingerprint density at radius 2 is 1.83 bits per heavy atom. The summed E-state index contributed by atoms with van der Waals surface area (Å²) in [6, 6.07) is 15.0. The summed E-state index contributed by atoms with van der Waals surface area (Å²) in [7, 11) is 0. The van der Waals surface area contributed by atoms with Crippen LogP contribution >= 0.6 is 11.3 Å². The van der Waals surface area contributed by atoms with E-state index in [1.807, 2.05) is 30.3 Å². The van der Waals surface area contributed by atoms with Gasteiger partial charge >= 0.3 is 6.09 Å². The van der Waals surface area contributed by atoms with Gasteiger partial charge in [-0.2, -0.15) is 0 Å². The minimum Gasteiger partial charge on any atom is -0.444 e. The molecule has 4 nitrogen and oxygen atoms in total. The van der Waals surface area contributed by atoms with Gasteiger partial charge in [-0.25, -0.2) is 9.18 Å². The highest BCUT2D eigenvalue weighted by Crippen LogP contribution is 2.39. The highest BCUT2D eigenvalue weighted by Gasteiger charge is 2.27. The molecular formula is C23H20FNO3S. The third-order valence-corrected chi connectivity index (χ3v) is 6.12. The number of carbonyl (C=O) groups is 2. The minimum absolute atomic E-state index is 0.144. The number of rotatable bonds is 5. The second kappa shape index (κ2) is 8.57. The number of ketones is 1. The standard InChI is InChI=1S/C23H20FNO3S/c24-17-10-6-9-16(13-17)21(26)20-18-11-4-5-12-19(18)29-22(20)25-23(27)28-14-15-7-2-1-3-8-15/h1-3,6-10,13H,4-5,11-12,14H2,(H,25,27). The monoisotopic (exact) mass is 409 g/mol. The highest BCUT2D eigenvalue weighted by atomic mass is 32.1. The van der Waals surface area contributed by atoms with Gasteiger partial charge < -0.3 is 4.74 Å². The van der Waals surface area contributed by atoms with E-state index >= 15 is 0 Å². The maximum atomic E-state index is 13.6. The molecule has 0 saturated heterocycles. The van der Waals surface area contributed by atoms with Crippen molar-refractivity contribution in [2.75, 3.05) is 5.32 Å². The van der Waals surface area contributed by atoms with Crippen molar-refractivity contribution in [2.24, 2.45) is 0 Å². The molecule has 3 aromatic rings. The number of benzene rings is 2. The molecule has 1 heterocycles. The maximum absolute atomic E-state index is 13.6. The molecule has 1 amide bonds. The lowest BCUT2D eigenvalue weighted by atomic mass is 9.92. The van der Waals surface area contributed by atoms with Crippen molar-refractivity contribution >= 4 is 28.2 Å². The number of ether oxygens (including phenoxy) is 1. The summed E-state index contributed by atoms with van der Waals surface area (Å²) in [5.41, 5.74) is 2.59. The molecule has 0 radical (unpaired) electrons. The number of carbonyl (C=O) groups excluding carboxylic acids is 2. The molecule has 0 aliphatic heterocycles. The molecule has 0 saturated carbocycles. The van der Waals surface area contributed by atoms with Crippen LogP contribution in [0.5, 0.6) is 0 Å². The first-order valence-electron chi connectivity index (χ1n) is 9.54. The maximum Gasteiger partial charge on any atom is 0.412 e. The van der Waals surface area contributed by atoms with Gasteiger partial charge in [0.25, 0.3) is 0 Å². The van der Waals surface area contributed by atoms with Gasteiger partial charge in [-0.1, -0.05) is 42.5 Å². The first-order valence-corrected chi connectivity index (χ1v) is 10.4. The average Bonchev–Trinajstić information content (AvgIpc) is 3.10. The second-order valence-electron chi connectivity index (χ2n) is 6.94. The summed E-state index contributed by atoms with van der Waals surface area (Å²) in [6.07, 6.45) is 3.10. The van der Waals surface area contributed by atoms with Crippen LogP contribution in [-0.4, -0.2) is 11.9 Å². The summed E-state index contributed by atoms with van der Waals surface area (Å²) >= 11 is 1.41. The summed E-state index contributed by atoms with van der Waals surface area (Å²) in [5.74, 6) is -0.737. The van der Waals surface area contributed by atoms with Crippen molar-refractivity contribution in [1.29, 1.82) is 0 Å². The van der Waals surface area contributed by atoms with Crippen LogP contribution in [-0.2, 0) is 24.2 Å². The molecule has 2 aromatic carbocycles. The highest BCUT2D eigenvalue weighted by molar-refractivity contribution is 7.17. The van der Waals surface area contributed by atoms with Crippen molar-refractivity contribution < 1.29 is 18.7 Å². The van der Waals surface area contributed by atoms with Gasteiger partial charge in [0, 0.05) is 10.4 Å². The third kappa shape index (κ3) is 4.38.